The molecule has 148 valence electrons. The first-order valence-corrected chi connectivity index (χ1v) is 10.5. The molecule has 5 rings (SSSR count). The molecule has 3 nitrogen and oxygen atoms in total. The molecule has 0 radical (unpaired) electrons. The zero-order valence-corrected chi connectivity index (χ0v) is 17.4. The van der Waals surface area contributed by atoms with Gasteiger partial charge in [-0.1, -0.05) is 57.6 Å². The average Bonchev–Trinajstić information content (AvgIpc) is 2.61. The normalized spacial score (nSPS) is 43.9. The maximum Gasteiger partial charge on any atom is 0.332 e. The molecule has 28 heavy (non-hydrogen) atoms. The van der Waals surface area contributed by atoms with Crippen LogP contribution in [0.15, 0.2) is 58.2 Å². The summed E-state index contributed by atoms with van der Waals surface area (Å²) in [5.74, 6) is -0.788. The van der Waals surface area contributed by atoms with Crippen LogP contribution in [0.4, 0.5) is 0 Å². The van der Waals surface area contributed by atoms with Gasteiger partial charge in [0.1, 0.15) is 0 Å². The Balaban J connectivity index is 1.74. The van der Waals surface area contributed by atoms with Crippen LogP contribution >= 0.6 is 0 Å². The predicted octanol–water partition coefficient (Wildman–Crippen LogP) is 5.37. The number of aliphatic carboxylic acids is 1. The van der Waals surface area contributed by atoms with Gasteiger partial charge in [-0.3, -0.25) is 0 Å². The van der Waals surface area contributed by atoms with Crippen molar-refractivity contribution in [3.8, 4) is 0 Å². The van der Waals surface area contributed by atoms with Crippen molar-refractivity contribution in [2.24, 2.45) is 21.7 Å². The maximum atomic E-state index is 12.2. The molecule has 3 heteroatoms. The summed E-state index contributed by atoms with van der Waals surface area (Å²) in [6.07, 6.45) is 15.6. The van der Waals surface area contributed by atoms with Crippen molar-refractivity contribution in [2.45, 2.75) is 53.4 Å². The van der Waals surface area contributed by atoms with Crippen molar-refractivity contribution in [2.75, 3.05) is 13.2 Å². The molecular formula is C25H30O3. The Morgan fingerprint density at radius 1 is 1.11 bits per heavy atom. The van der Waals surface area contributed by atoms with Gasteiger partial charge in [0.2, 0.25) is 0 Å². The highest BCUT2D eigenvalue weighted by Crippen LogP contribution is 2.68. The molecular weight excluding hydrogens is 348 g/mol. The number of carboxylic acids is 1. The smallest absolute Gasteiger partial charge is 0.332 e. The zero-order valence-electron chi connectivity index (χ0n) is 17.4. The van der Waals surface area contributed by atoms with E-state index in [0.29, 0.717) is 5.57 Å². The van der Waals surface area contributed by atoms with Gasteiger partial charge < -0.3 is 9.84 Å². The minimum Gasteiger partial charge on any atom is -0.478 e. The van der Waals surface area contributed by atoms with Gasteiger partial charge in [-0.05, 0) is 48.5 Å². The molecule has 0 aromatic heterocycles. The monoisotopic (exact) mass is 378 g/mol. The van der Waals surface area contributed by atoms with Crippen molar-refractivity contribution < 1.29 is 14.6 Å². The molecule has 4 atom stereocenters. The summed E-state index contributed by atoms with van der Waals surface area (Å²) in [7, 11) is 0. The second-order valence-electron chi connectivity index (χ2n) is 10.2. The predicted molar refractivity (Wildman–Crippen MR) is 110 cm³/mol. The standard InChI is InChI=1S/C25H30O3/c1-16-8-12-23(3)17-6-7-19-22(2)10-5-11-25(19,15-28-14-22)18(17)9-13-24(23,4)20(16)21(26)27/h6-9,12H,5,10-11,13-15H2,1-4H3,(H,26,27). The van der Waals surface area contributed by atoms with E-state index in [2.05, 4.69) is 45.1 Å². The molecule has 0 spiro atoms. The lowest BCUT2D eigenvalue weighted by Gasteiger charge is -2.60. The Morgan fingerprint density at radius 3 is 2.64 bits per heavy atom. The van der Waals surface area contributed by atoms with Crippen LogP contribution in [0.2, 0.25) is 0 Å². The van der Waals surface area contributed by atoms with Gasteiger partial charge >= 0.3 is 5.97 Å². The van der Waals surface area contributed by atoms with Gasteiger partial charge in [0.15, 0.2) is 0 Å². The van der Waals surface area contributed by atoms with Crippen molar-refractivity contribution in [1.82, 2.24) is 0 Å². The summed E-state index contributed by atoms with van der Waals surface area (Å²) in [5, 5.41) is 10.0. The molecule has 2 bridgehead atoms. The molecule has 1 saturated carbocycles. The second-order valence-corrected chi connectivity index (χ2v) is 10.2. The summed E-state index contributed by atoms with van der Waals surface area (Å²) >= 11 is 0. The fraction of sp³-hybridized carbons (Fsp3) is 0.560. The van der Waals surface area contributed by atoms with E-state index in [1.54, 1.807) is 5.57 Å². The van der Waals surface area contributed by atoms with E-state index in [-0.39, 0.29) is 16.2 Å². The van der Waals surface area contributed by atoms with Crippen LogP contribution in [0, 0.1) is 21.7 Å². The molecule has 0 amide bonds. The Kier molecular flexibility index (Phi) is 3.50. The van der Waals surface area contributed by atoms with Crippen LogP contribution in [0.25, 0.3) is 0 Å². The van der Waals surface area contributed by atoms with Gasteiger partial charge in [-0.15, -0.1) is 0 Å². The molecule has 1 saturated heterocycles. The molecule has 0 aromatic carbocycles. The number of hydrogen-bond acceptors (Lipinski definition) is 2. The number of rotatable bonds is 1. The van der Waals surface area contributed by atoms with Gasteiger partial charge in [0.05, 0.1) is 13.2 Å². The van der Waals surface area contributed by atoms with Crippen molar-refractivity contribution in [1.29, 1.82) is 0 Å². The molecule has 2 fully saturated rings. The number of hydrogen-bond donors (Lipinski definition) is 1. The Labute approximate surface area is 167 Å². The van der Waals surface area contributed by atoms with E-state index in [1.165, 1.54) is 24.0 Å². The first kappa shape index (κ1) is 18.2. The van der Waals surface area contributed by atoms with Crippen molar-refractivity contribution in [3.05, 3.63) is 58.2 Å². The van der Waals surface area contributed by atoms with E-state index in [1.807, 2.05) is 13.0 Å². The summed E-state index contributed by atoms with van der Waals surface area (Å²) in [6, 6.07) is 0. The fourth-order valence-electron chi connectivity index (χ4n) is 7.03. The number of carboxylic acid groups (broad SMARTS) is 1. The second kappa shape index (κ2) is 5.38. The Morgan fingerprint density at radius 2 is 1.89 bits per heavy atom. The molecule has 4 aliphatic carbocycles. The van der Waals surface area contributed by atoms with Gasteiger partial charge in [0, 0.05) is 27.2 Å². The van der Waals surface area contributed by atoms with Crippen LogP contribution in [-0.4, -0.2) is 24.3 Å². The van der Waals surface area contributed by atoms with Crippen LogP contribution in [0.3, 0.4) is 0 Å². The third kappa shape index (κ3) is 1.91. The first-order chi connectivity index (χ1) is 13.2. The Hall–Kier alpha value is -1.87. The summed E-state index contributed by atoms with van der Waals surface area (Å²) in [5.41, 5.74) is 5.03. The molecule has 1 N–H and O–H groups in total. The third-order valence-electron chi connectivity index (χ3n) is 8.74. The number of ether oxygens (including phenoxy) is 1. The van der Waals surface area contributed by atoms with Gasteiger partial charge in [0.25, 0.3) is 0 Å². The van der Waals surface area contributed by atoms with E-state index in [4.69, 9.17) is 4.74 Å². The Bertz CT molecular complexity index is 931. The highest BCUT2D eigenvalue weighted by Gasteiger charge is 2.60. The quantitative estimate of drug-likeness (QED) is 0.667. The first-order valence-electron chi connectivity index (χ1n) is 10.5. The molecule has 4 unspecified atom stereocenters. The van der Waals surface area contributed by atoms with Crippen LogP contribution in [0.1, 0.15) is 53.4 Å². The SMILES string of the molecule is CC1=C(C(=O)O)C2(C)CC=C3C(=CC=C4C5(C)CCCC34COC5)C2(C)C=C1. The number of carbonyl (C=O) groups is 1. The minimum absolute atomic E-state index is 0.0207. The van der Waals surface area contributed by atoms with Crippen LogP contribution < -0.4 is 0 Å². The number of fused-ring (bicyclic) bond motifs is 3. The lowest BCUT2D eigenvalue weighted by molar-refractivity contribution is -0.134. The zero-order chi connectivity index (χ0) is 19.9. The van der Waals surface area contributed by atoms with Gasteiger partial charge in [-0.25, -0.2) is 4.79 Å². The van der Waals surface area contributed by atoms with E-state index in [9.17, 15) is 9.90 Å². The largest absolute Gasteiger partial charge is 0.478 e. The van der Waals surface area contributed by atoms with Gasteiger partial charge in [-0.2, -0.15) is 0 Å². The minimum atomic E-state index is -0.788. The fourth-order valence-corrected chi connectivity index (χ4v) is 7.03. The van der Waals surface area contributed by atoms with Crippen molar-refractivity contribution >= 4 is 5.97 Å². The molecule has 5 aliphatic rings. The molecule has 1 heterocycles. The average molecular weight is 379 g/mol. The summed E-state index contributed by atoms with van der Waals surface area (Å²) in [4.78, 5) is 12.2. The topological polar surface area (TPSA) is 46.5 Å². The number of allylic oxidation sites excluding steroid dienone is 7. The highest BCUT2D eigenvalue weighted by molar-refractivity contribution is 5.91. The maximum absolute atomic E-state index is 12.2. The van der Waals surface area contributed by atoms with E-state index < -0.39 is 11.4 Å². The van der Waals surface area contributed by atoms with Crippen LogP contribution in [0.5, 0.6) is 0 Å². The summed E-state index contributed by atoms with van der Waals surface area (Å²) in [6.45, 7) is 10.2. The highest BCUT2D eigenvalue weighted by atomic mass is 16.5. The van der Waals surface area contributed by atoms with Crippen molar-refractivity contribution in [3.63, 3.8) is 0 Å². The van der Waals surface area contributed by atoms with Crippen LogP contribution in [-0.2, 0) is 9.53 Å². The lowest BCUT2D eigenvalue weighted by atomic mass is 9.44. The molecule has 1 aliphatic heterocycles. The lowest BCUT2D eigenvalue weighted by Crippen LogP contribution is -2.54. The van der Waals surface area contributed by atoms with E-state index in [0.717, 1.165) is 31.6 Å². The summed E-state index contributed by atoms with van der Waals surface area (Å²) < 4.78 is 6.19. The molecule has 0 aromatic rings. The third-order valence-corrected chi connectivity index (χ3v) is 8.74. The van der Waals surface area contributed by atoms with E-state index >= 15 is 0 Å².